The molecule has 5 heterocycles. The highest BCUT2D eigenvalue weighted by Gasteiger charge is 2.27. The standard InChI is InChI=1S/C39H49N15O10/c1-39(2,3)64-38(63)43-23(34(58)47-25-20-54(8)33(46-25)37(61)62)9-10-29(56)48-26-16-22(18-52(26)6)42-36(60)32-45-24(19-53(32)7)44-28(55)11-12-30(57)49-27-15-21(17-51(27)5)41-35(59)31-40-13-14-50(31)4/h13-20,23H,9-12H2,1-8H3,(H,41,59)(H,42,60)(H,43,63)(H,44,55)(H,47,58)(H,48,56)(H,49,57)(H,61,62)/t23-/m1/s1. The molecule has 0 radical (unpaired) electrons. The number of carbonyl (C=O) groups is 8. The fourth-order valence-electron chi connectivity index (χ4n) is 5.99. The third-order valence-electron chi connectivity index (χ3n) is 9.00. The van der Waals surface area contributed by atoms with Crippen LogP contribution < -0.4 is 37.2 Å². The van der Waals surface area contributed by atoms with Crippen LogP contribution >= 0.6 is 0 Å². The van der Waals surface area contributed by atoms with Gasteiger partial charge in [0.1, 0.15) is 23.3 Å². The Balaban J connectivity index is 1.11. The van der Waals surface area contributed by atoms with Crippen molar-refractivity contribution in [2.24, 2.45) is 35.2 Å². The Hall–Kier alpha value is -8.25. The van der Waals surface area contributed by atoms with E-state index in [9.17, 15) is 43.5 Å². The number of carboxylic acid groups (broad SMARTS) is 1. The smallest absolute Gasteiger partial charge is 0.408 e. The van der Waals surface area contributed by atoms with Gasteiger partial charge in [-0.3, -0.25) is 28.8 Å². The number of aromatic nitrogens is 8. The van der Waals surface area contributed by atoms with Crippen molar-refractivity contribution in [2.75, 3.05) is 31.9 Å². The van der Waals surface area contributed by atoms with Crippen molar-refractivity contribution in [1.82, 2.24) is 43.1 Å². The van der Waals surface area contributed by atoms with E-state index in [4.69, 9.17) is 4.74 Å². The van der Waals surface area contributed by atoms with Gasteiger partial charge in [-0.05, 0) is 27.2 Å². The first-order valence-corrected chi connectivity index (χ1v) is 19.5. The molecule has 5 aromatic rings. The lowest BCUT2D eigenvalue weighted by atomic mass is 10.1. The van der Waals surface area contributed by atoms with Gasteiger partial charge in [-0.1, -0.05) is 0 Å². The molecule has 5 rings (SSSR count). The highest BCUT2D eigenvalue weighted by Crippen LogP contribution is 2.21. The van der Waals surface area contributed by atoms with Gasteiger partial charge >= 0.3 is 12.1 Å². The molecule has 0 aliphatic heterocycles. The van der Waals surface area contributed by atoms with Gasteiger partial charge in [-0.25, -0.2) is 24.5 Å². The van der Waals surface area contributed by atoms with E-state index < -0.39 is 59.1 Å². The number of imidazole rings is 3. The maximum Gasteiger partial charge on any atom is 0.408 e. The van der Waals surface area contributed by atoms with Gasteiger partial charge in [0.2, 0.25) is 35.3 Å². The summed E-state index contributed by atoms with van der Waals surface area (Å²) in [5.74, 6) is -4.25. The summed E-state index contributed by atoms with van der Waals surface area (Å²) in [5.41, 5.74) is -0.181. The molecule has 0 fully saturated rings. The molecule has 5 aromatic heterocycles. The van der Waals surface area contributed by atoms with Crippen LogP contribution in [0.2, 0.25) is 0 Å². The molecule has 0 bridgehead atoms. The summed E-state index contributed by atoms with van der Waals surface area (Å²) < 4.78 is 12.5. The molecule has 0 aromatic carbocycles. The molecule has 1 atom stereocenters. The lowest BCUT2D eigenvalue weighted by molar-refractivity contribution is -0.121. The molecule has 0 aliphatic rings. The number of carbonyl (C=O) groups excluding carboxylic acids is 7. The van der Waals surface area contributed by atoms with E-state index >= 15 is 0 Å². The number of carboxylic acids is 1. The summed E-state index contributed by atoms with van der Waals surface area (Å²) in [5, 5.41) is 27.5. The number of rotatable bonds is 17. The Morgan fingerprint density at radius 1 is 0.625 bits per heavy atom. The zero-order valence-electron chi connectivity index (χ0n) is 36.2. The number of aromatic carboxylic acids is 1. The minimum absolute atomic E-state index is 0.0628. The first-order chi connectivity index (χ1) is 30.0. The fraction of sp³-hybridized carbons (Fsp3) is 0.359. The maximum absolute atomic E-state index is 13.2. The quantitative estimate of drug-likeness (QED) is 0.0666. The number of nitrogens with one attached hydrogen (secondary N) is 7. The second-order valence-electron chi connectivity index (χ2n) is 15.5. The monoisotopic (exact) mass is 887 g/mol. The van der Waals surface area contributed by atoms with Crippen molar-refractivity contribution in [3.05, 3.63) is 66.8 Å². The van der Waals surface area contributed by atoms with Crippen molar-refractivity contribution < 1.29 is 48.2 Å². The van der Waals surface area contributed by atoms with Gasteiger partial charge in [0.25, 0.3) is 11.8 Å². The average molecular weight is 888 g/mol. The van der Waals surface area contributed by atoms with Gasteiger partial charge in [-0.2, -0.15) is 0 Å². The van der Waals surface area contributed by atoms with Crippen LogP contribution in [0.1, 0.15) is 78.3 Å². The molecule has 25 heteroatoms. The molecular weight excluding hydrogens is 839 g/mol. The van der Waals surface area contributed by atoms with Gasteiger partial charge in [0.05, 0.1) is 11.4 Å². The number of alkyl carbamates (subject to hydrolysis) is 1. The van der Waals surface area contributed by atoms with Crippen LogP contribution in [0.25, 0.3) is 0 Å². The molecule has 0 unspecified atom stereocenters. The molecule has 7 amide bonds. The van der Waals surface area contributed by atoms with Crippen molar-refractivity contribution in [1.29, 1.82) is 0 Å². The number of hydrogen-bond donors (Lipinski definition) is 8. The minimum Gasteiger partial charge on any atom is -0.475 e. The Morgan fingerprint density at radius 2 is 1.12 bits per heavy atom. The van der Waals surface area contributed by atoms with Gasteiger partial charge in [0.15, 0.2) is 17.5 Å². The first kappa shape index (κ1) is 46.8. The summed E-state index contributed by atoms with van der Waals surface area (Å²) in [4.78, 5) is 113. The number of nitrogens with zero attached hydrogens (tertiary/aromatic N) is 8. The van der Waals surface area contributed by atoms with E-state index in [1.807, 2.05) is 0 Å². The van der Waals surface area contributed by atoms with Crippen LogP contribution in [-0.4, -0.2) is 102 Å². The predicted octanol–water partition coefficient (Wildman–Crippen LogP) is 2.38. The number of amides is 7. The second-order valence-corrected chi connectivity index (χ2v) is 15.5. The topological polar surface area (TPSA) is 314 Å². The van der Waals surface area contributed by atoms with Crippen molar-refractivity contribution in [3.8, 4) is 0 Å². The summed E-state index contributed by atoms with van der Waals surface area (Å²) in [6.45, 7) is 4.90. The van der Waals surface area contributed by atoms with Crippen LogP contribution in [0.15, 0.2) is 49.3 Å². The number of anilines is 6. The number of ether oxygens (including phenoxy) is 1. The molecule has 64 heavy (non-hydrogen) atoms. The zero-order valence-corrected chi connectivity index (χ0v) is 36.2. The molecule has 340 valence electrons. The van der Waals surface area contributed by atoms with E-state index in [0.29, 0.717) is 11.5 Å². The van der Waals surface area contributed by atoms with Gasteiger partial charge in [-0.15, -0.1) is 0 Å². The van der Waals surface area contributed by atoms with E-state index in [0.717, 1.165) is 0 Å². The molecule has 8 N–H and O–H groups in total. The third-order valence-corrected chi connectivity index (χ3v) is 9.00. The Labute approximate surface area is 364 Å². The van der Waals surface area contributed by atoms with Crippen LogP contribution in [0.3, 0.4) is 0 Å². The molecule has 0 saturated heterocycles. The summed E-state index contributed by atoms with van der Waals surface area (Å²) in [6, 6.07) is 1.75. The Morgan fingerprint density at radius 3 is 1.64 bits per heavy atom. The zero-order chi connectivity index (χ0) is 47.0. The Bertz CT molecular complexity index is 2600. The summed E-state index contributed by atoms with van der Waals surface area (Å²) >= 11 is 0. The molecule has 0 aliphatic carbocycles. The Kier molecular flexibility index (Phi) is 14.4. The van der Waals surface area contributed by atoms with Crippen molar-refractivity contribution in [3.63, 3.8) is 0 Å². The van der Waals surface area contributed by atoms with E-state index in [1.54, 1.807) is 76.6 Å². The summed E-state index contributed by atoms with van der Waals surface area (Å²) in [7, 11) is 7.95. The van der Waals surface area contributed by atoms with E-state index in [1.165, 1.54) is 51.6 Å². The normalized spacial score (nSPS) is 11.6. The molecular formula is C39H49N15O10. The fourth-order valence-corrected chi connectivity index (χ4v) is 5.99. The third kappa shape index (κ3) is 12.6. The van der Waals surface area contributed by atoms with E-state index in [2.05, 4.69) is 52.2 Å². The van der Waals surface area contributed by atoms with Crippen LogP contribution in [0.4, 0.5) is 39.4 Å². The number of hydrogen-bond acceptors (Lipinski definition) is 12. The van der Waals surface area contributed by atoms with Crippen molar-refractivity contribution >= 4 is 82.2 Å². The predicted molar refractivity (Wildman–Crippen MR) is 229 cm³/mol. The highest BCUT2D eigenvalue weighted by molar-refractivity contribution is 6.04. The lowest BCUT2D eigenvalue weighted by Crippen LogP contribution is -2.46. The average Bonchev–Trinajstić information content (AvgIpc) is 4.01. The summed E-state index contributed by atoms with van der Waals surface area (Å²) in [6.07, 6.45) is 7.21. The first-order valence-electron chi connectivity index (χ1n) is 19.5. The lowest BCUT2D eigenvalue weighted by Gasteiger charge is -2.23. The number of aryl methyl sites for hydroxylation is 5. The van der Waals surface area contributed by atoms with Crippen LogP contribution in [-0.2, 0) is 59.2 Å². The van der Waals surface area contributed by atoms with Gasteiger partial charge in [0, 0.05) is 104 Å². The maximum atomic E-state index is 13.2. The van der Waals surface area contributed by atoms with Crippen LogP contribution in [0, 0.1) is 0 Å². The minimum atomic E-state index is -1.32. The van der Waals surface area contributed by atoms with Crippen LogP contribution in [0.5, 0.6) is 0 Å². The second kappa shape index (κ2) is 19.6. The molecule has 0 saturated carbocycles. The highest BCUT2D eigenvalue weighted by atomic mass is 16.6. The molecule has 25 nitrogen and oxygen atoms in total. The van der Waals surface area contributed by atoms with Gasteiger partial charge < -0.3 is 69.9 Å². The molecule has 0 spiro atoms. The van der Waals surface area contributed by atoms with E-state index in [-0.39, 0.29) is 66.3 Å². The largest absolute Gasteiger partial charge is 0.475 e. The van der Waals surface area contributed by atoms with Crippen molar-refractivity contribution in [2.45, 2.75) is 58.1 Å². The SMILES string of the molecule is Cn1cc(NC(=O)c2nccn2C)cc1NC(=O)CCC(=O)Nc1cn(C)c(C(=O)Nc2cc(NC(=O)CC[C@@H](NC(=O)OC(C)(C)C)C(=O)Nc3cn(C)c(C(=O)O)n3)n(C)c2)n1.